The Bertz CT molecular complexity index is 237. The number of rotatable bonds is 2. The Morgan fingerprint density at radius 3 is 2.90 bits per heavy atom. The Morgan fingerprint density at radius 2 is 2.30 bits per heavy atom. The van der Waals surface area contributed by atoms with Crippen LogP contribution < -0.4 is 4.84 Å². The van der Waals surface area contributed by atoms with Crippen molar-refractivity contribution in [3.05, 3.63) is 34.7 Å². The van der Waals surface area contributed by atoms with E-state index in [1.165, 1.54) is 6.07 Å². The first-order valence-corrected chi connectivity index (χ1v) is 2.64. The maximum absolute atomic E-state index is 6.50. The van der Waals surface area contributed by atoms with E-state index in [-0.39, 0.29) is 0 Å². The lowest BCUT2D eigenvalue weighted by atomic mass is 10.3. The van der Waals surface area contributed by atoms with Gasteiger partial charge in [-0.15, -0.1) is 0 Å². The summed E-state index contributed by atoms with van der Waals surface area (Å²) in [6.45, 7) is 0. The molecule has 0 amide bonds. The maximum Gasteiger partial charge on any atom is 0.402 e. The molecule has 1 aromatic carbocycles. The van der Waals surface area contributed by atoms with Crippen LogP contribution in [0.2, 0.25) is 0 Å². The van der Waals surface area contributed by atoms with Crippen molar-refractivity contribution in [3.63, 3.8) is 0 Å². The number of nitrogens with one attached hydrogen (secondary N) is 2. The third kappa shape index (κ3) is 1.29. The van der Waals surface area contributed by atoms with Crippen molar-refractivity contribution in [2.45, 2.75) is 0 Å². The van der Waals surface area contributed by atoms with Crippen molar-refractivity contribution in [3.8, 4) is 11.5 Å². The fourth-order valence-corrected chi connectivity index (χ4v) is 0.601. The Hall–Kier alpha value is -1.42. The van der Waals surface area contributed by atoms with E-state index in [0.29, 0.717) is 11.5 Å². The molecule has 0 saturated heterocycles. The molecule has 0 unspecified atom stereocenters. The molecule has 1 aromatic rings. The van der Waals surface area contributed by atoms with E-state index in [0.717, 1.165) is 0 Å². The van der Waals surface area contributed by atoms with Crippen LogP contribution >= 0.6 is 0 Å². The summed E-state index contributed by atoms with van der Waals surface area (Å²) in [6, 6.07) is 6.32. The average Bonchev–Trinajstić information content (AvgIpc) is 2.05. The molecule has 2 N–H and O–H groups in total. The van der Waals surface area contributed by atoms with Crippen molar-refractivity contribution >= 4 is 0 Å². The standard InChI is InChI=1S/C6H6N2O2/c7-9-5-2-1-3-6(4-5)10-8/h1-4,7-8H. The van der Waals surface area contributed by atoms with Crippen LogP contribution in [0.4, 0.5) is 0 Å². The second kappa shape index (κ2) is 2.93. The molecule has 0 bridgehead atoms. The normalized spacial score (nSPS) is 8.90. The van der Waals surface area contributed by atoms with E-state index in [1.807, 2.05) is 0 Å². The van der Waals surface area contributed by atoms with Gasteiger partial charge in [0, 0.05) is 6.07 Å². The molecule has 0 fully saturated rings. The van der Waals surface area contributed by atoms with Crippen LogP contribution in [0.15, 0.2) is 24.3 Å². The van der Waals surface area contributed by atoms with Crippen LogP contribution in [0.25, 0.3) is 5.90 Å². The van der Waals surface area contributed by atoms with Gasteiger partial charge in [0.05, 0.1) is 6.07 Å². The molecule has 0 aliphatic heterocycles. The maximum atomic E-state index is 6.50. The lowest BCUT2D eigenvalue weighted by Crippen LogP contribution is -1.74. The topological polar surface area (TPSA) is 68.2 Å². The molecule has 1 rings (SSSR count). The van der Waals surface area contributed by atoms with Gasteiger partial charge in [0.1, 0.15) is 11.3 Å². The molecule has 0 atom stereocenters. The molecule has 0 spiro atoms. The van der Waals surface area contributed by atoms with E-state index in [4.69, 9.17) is 11.5 Å². The van der Waals surface area contributed by atoms with Gasteiger partial charge in [-0.3, -0.25) is 0 Å². The summed E-state index contributed by atoms with van der Waals surface area (Å²) in [5, 5.41) is 0. The number of hydrogen-bond donors (Lipinski definition) is 1. The molecule has 52 valence electrons. The summed E-state index contributed by atoms with van der Waals surface area (Å²) in [7, 11) is 0. The minimum atomic E-state index is 0.366. The van der Waals surface area contributed by atoms with Crippen molar-refractivity contribution in [1.29, 1.82) is 5.59 Å². The lowest BCUT2D eigenvalue weighted by molar-refractivity contribution is 0.484. The summed E-state index contributed by atoms with van der Waals surface area (Å²) in [4.78, 5) is 4.14. The van der Waals surface area contributed by atoms with Crippen molar-refractivity contribution < 1.29 is 4.84 Å². The summed E-state index contributed by atoms with van der Waals surface area (Å²) in [5.41, 5.74) is 6.50. The van der Waals surface area contributed by atoms with Crippen molar-refractivity contribution in [2.24, 2.45) is 0 Å². The van der Waals surface area contributed by atoms with Gasteiger partial charge in [-0.1, -0.05) is 4.54 Å². The first-order chi connectivity index (χ1) is 4.86. The zero-order chi connectivity index (χ0) is 7.40. The van der Waals surface area contributed by atoms with Gasteiger partial charge in [0.25, 0.3) is 0 Å². The molecule has 4 heteroatoms. The second-order valence-corrected chi connectivity index (χ2v) is 1.68. The third-order valence-corrected chi connectivity index (χ3v) is 1.04. The lowest BCUT2D eigenvalue weighted by Gasteiger charge is -2.03. The zero-order valence-electron chi connectivity index (χ0n) is 5.13. The van der Waals surface area contributed by atoms with E-state index in [1.54, 1.807) is 18.2 Å². The van der Waals surface area contributed by atoms with E-state index < -0.39 is 0 Å². The molecular weight excluding hydrogens is 132 g/mol. The fraction of sp³-hybridized carbons (Fsp3) is 0. The molecule has 0 aliphatic rings. The Morgan fingerprint density at radius 1 is 1.50 bits per heavy atom. The number of hydrogen-bond acceptors (Lipinski definition) is 2. The average molecular weight is 138 g/mol. The Kier molecular flexibility index (Phi) is 1.96. The molecular formula is C6H6N2O2. The van der Waals surface area contributed by atoms with Crippen LogP contribution in [0.1, 0.15) is 0 Å². The molecule has 0 radical (unpaired) electrons. The van der Waals surface area contributed by atoms with E-state index in [2.05, 4.69) is 9.37 Å². The summed E-state index contributed by atoms with van der Waals surface area (Å²) in [6.07, 6.45) is 0. The second-order valence-electron chi connectivity index (χ2n) is 1.68. The van der Waals surface area contributed by atoms with Gasteiger partial charge in [0.15, 0.2) is 0 Å². The van der Waals surface area contributed by atoms with Gasteiger partial charge in [-0.05, 0) is 12.1 Å². The predicted molar refractivity (Wildman–Crippen MR) is 36.9 cm³/mol. The fourth-order valence-electron chi connectivity index (χ4n) is 0.601. The van der Waals surface area contributed by atoms with Crippen LogP contribution in [-0.2, 0) is 0 Å². The van der Waals surface area contributed by atoms with Gasteiger partial charge in [0.2, 0.25) is 0 Å². The largest absolute Gasteiger partial charge is 0.590 e. The number of nitroso groups, excluding NO2 is 1. The van der Waals surface area contributed by atoms with Gasteiger partial charge >= 0.3 is 5.75 Å². The highest BCUT2D eigenvalue weighted by Crippen LogP contribution is 2.19. The van der Waals surface area contributed by atoms with Gasteiger partial charge in [-0.25, -0.2) is 0 Å². The molecule has 4 nitrogen and oxygen atoms in total. The summed E-state index contributed by atoms with van der Waals surface area (Å²) >= 11 is 0. The van der Waals surface area contributed by atoms with Crippen molar-refractivity contribution in [2.75, 3.05) is 0 Å². The molecule has 0 heterocycles. The minimum absolute atomic E-state index is 0.366. The van der Waals surface area contributed by atoms with Crippen LogP contribution in [0.5, 0.6) is 11.5 Å². The van der Waals surface area contributed by atoms with E-state index >= 15 is 0 Å². The summed E-state index contributed by atoms with van der Waals surface area (Å²) < 4.78 is 4.14. The Balaban J connectivity index is 2.98. The quantitative estimate of drug-likeness (QED) is 0.495. The minimum Gasteiger partial charge on any atom is -0.590 e. The van der Waals surface area contributed by atoms with Crippen LogP contribution in [-0.4, -0.2) is 0 Å². The third-order valence-electron chi connectivity index (χ3n) is 1.04. The SMILES string of the molecule is N=[O+]c1cccc(O[NH-])c1. The van der Waals surface area contributed by atoms with Gasteiger partial charge < -0.3 is 10.7 Å². The first kappa shape index (κ1) is 6.70. The highest BCUT2D eigenvalue weighted by Gasteiger charge is 2.01. The van der Waals surface area contributed by atoms with Gasteiger partial charge in [-0.2, -0.15) is 0 Å². The molecule has 0 aromatic heterocycles. The van der Waals surface area contributed by atoms with Crippen molar-refractivity contribution in [1.82, 2.24) is 0 Å². The first-order valence-electron chi connectivity index (χ1n) is 2.64. The zero-order valence-corrected chi connectivity index (χ0v) is 5.13. The number of benzene rings is 1. The Labute approximate surface area is 57.6 Å². The smallest absolute Gasteiger partial charge is 0.402 e. The highest BCUT2D eigenvalue weighted by atomic mass is 16.6. The van der Waals surface area contributed by atoms with Crippen LogP contribution in [0.3, 0.4) is 0 Å². The highest BCUT2D eigenvalue weighted by molar-refractivity contribution is 5.40. The molecule has 10 heavy (non-hydrogen) atoms. The molecule has 0 aliphatic carbocycles. The van der Waals surface area contributed by atoms with E-state index in [9.17, 15) is 0 Å². The molecule has 0 saturated carbocycles. The van der Waals surface area contributed by atoms with Crippen LogP contribution in [0, 0.1) is 10.1 Å². The predicted octanol–water partition coefficient (Wildman–Crippen LogP) is 2.63. The summed E-state index contributed by atoms with van der Waals surface area (Å²) in [5.74, 6) is 7.23. The monoisotopic (exact) mass is 138 g/mol.